The van der Waals surface area contributed by atoms with E-state index in [1.54, 1.807) is 14.2 Å². The first kappa shape index (κ1) is 24.8. The van der Waals surface area contributed by atoms with Crippen molar-refractivity contribution in [3.05, 3.63) is 77.6 Å². The molecule has 7 rings (SSSR count). The Morgan fingerprint density at radius 2 is 1.82 bits per heavy atom. The minimum atomic E-state index is 0.401. The van der Waals surface area contributed by atoms with Crippen molar-refractivity contribution < 1.29 is 9.47 Å². The Kier molecular flexibility index (Phi) is 6.48. The predicted molar refractivity (Wildman–Crippen MR) is 156 cm³/mol. The standard InChI is InChI=1S/C32H34N6O2/c1-39-25-11-9-21(10-12-25)19-38-28-17-29(40-2)31(27-8-4-6-22-5-3-7-26(22)27)35-32(28)30(36-38)23-18-34-37(20-23)24-13-15-33-16-14-24/h4,6,8-12,17-18,20,24,33H,3,5,7,13-16,19H2,1-2H3. The van der Waals surface area contributed by atoms with E-state index in [9.17, 15) is 0 Å². The van der Waals surface area contributed by atoms with Crippen LogP contribution in [0.25, 0.3) is 33.5 Å². The molecule has 8 heteroatoms. The van der Waals surface area contributed by atoms with Gasteiger partial charge in [-0.15, -0.1) is 0 Å². The Labute approximate surface area is 233 Å². The minimum absolute atomic E-state index is 0.401. The van der Waals surface area contributed by atoms with E-state index in [-0.39, 0.29) is 0 Å². The number of aryl methyl sites for hydroxylation is 1. The number of rotatable bonds is 7. The van der Waals surface area contributed by atoms with E-state index in [2.05, 4.69) is 52.6 Å². The highest BCUT2D eigenvalue weighted by Gasteiger charge is 2.24. The van der Waals surface area contributed by atoms with E-state index in [1.165, 1.54) is 17.5 Å². The van der Waals surface area contributed by atoms with Crippen molar-refractivity contribution >= 4 is 11.0 Å². The molecule has 0 atom stereocenters. The maximum Gasteiger partial charge on any atom is 0.147 e. The fourth-order valence-corrected chi connectivity index (χ4v) is 6.22. The number of fused-ring (bicyclic) bond motifs is 2. The van der Waals surface area contributed by atoms with Crippen molar-refractivity contribution in [1.29, 1.82) is 0 Å². The number of aromatic nitrogens is 5. The third-order valence-electron chi connectivity index (χ3n) is 8.36. The summed E-state index contributed by atoms with van der Waals surface area (Å²) in [6, 6.07) is 17.2. The molecule has 2 aromatic carbocycles. The smallest absolute Gasteiger partial charge is 0.147 e. The van der Waals surface area contributed by atoms with Crippen LogP contribution in [0.15, 0.2) is 60.9 Å². The molecule has 5 aromatic rings. The summed E-state index contributed by atoms with van der Waals surface area (Å²) in [5.41, 5.74) is 9.61. The lowest BCUT2D eigenvalue weighted by Gasteiger charge is -2.22. The maximum absolute atomic E-state index is 5.96. The van der Waals surface area contributed by atoms with Crippen LogP contribution >= 0.6 is 0 Å². The number of methoxy groups -OCH3 is 2. The Morgan fingerprint density at radius 1 is 0.975 bits per heavy atom. The van der Waals surface area contributed by atoms with Gasteiger partial charge in [-0.3, -0.25) is 9.36 Å². The van der Waals surface area contributed by atoms with Gasteiger partial charge in [0.2, 0.25) is 0 Å². The maximum atomic E-state index is 5.96. The van der Waals surface area contributed by atoms with E-state index in [0.717, 1.165) is 89.4 Å². The van der Waals surface area contributed by atoms with Crippen LogP contribution < -0.4 is 14.8 Å². The lowest BCUT2D eigenvalue weighted by atomic mass is 9.99. The average molecular weight is 535 g/mol. The fraction of sp³-hybridized carbons (Fsp3) is 0.344. The molecule has 40 heavy (non-hydrogen) atoms. The molecule has 1 aliphatic heterocycles. The number of benzene rings is 2. The van der Waals surface area contributed by atoms with E-state index in [4.69, 9.17) is 24.7 Å². The van der Waals surface area contributed by atoms with Gasteiger partial charge in [0.25, 0.3) is 0 Å². The van der Waals surface area contributed by atoms with E-state index in [0.29, 0.717) is 12.6 Å². The van der Waals surface area contributed by atoms with Crippen molar-refractivity contribution in [3.8, 4) is 34.0 Å². The molecule has 1 saturated heterocycles. The molecule has 0 unspecified atom stereocenters. The van der Waals surface area contributed by atoms with Gasteiger partial charge in [-0.1, -0.05) is 30.3 Å². The predicted octanol–water partition coefficient (Wildman–Crippen LogP) is 5.44. The van der Waals surface area contributed by atoms with E-state index >= 15 is 0 Å². The van der Waals surface area contributed by atoms with E-state index < -0.39 is 0 Å². The number of ether oxygens (including phenoxy) is 2. The van der Waals surface area contributed by atoms with Crippen LogP contribution in [0.1, 0.15) is 42.0 Å². The zero-order valence-corrected chi connectivity index (χ0v) is 23.1. The highest BCUT2D eigenvalue weighted by molar-refractivity contribution is 5.93. The van der Waals surface area contributed by atoms with Gasteiger partial charge in [0.05, 0.1) is 38.5 Å². The first-order chi connectivity index (χ1) is 19.7. The summed E-state index contributed by atoms with van der Waals surface area (Å²) in [6.07, 6.45) is 9.60. The van der Waals surface area contributed by atoms with Crippen molar-refractivity contribution in [2.24, 2.45) is 0 Å². The number of hydrogen-bond acceptors (Lipinski definition) is 6. The molecule has 1 aliphatic carbocycles. The summed E-state index contributed by atoms with van der Waals surface area (Å²) in [7, 11) is 3.41. The second kappa shape index (κ2) is 10.4. The molecule has 0 radical (unpaired) electrons. The summed E-state index contributed by atoms with van der Waals surface area (Å²) in [5, 5.41) is 13.4. The molecule has 1 N–H and O–H groups in total. The summed E-state index contributed by atoms with van der Waals surface area (Å²) >= 11 is 0. The summed E-state index contributed by atoms with van der Waals surface area (Å²) in [5.74, 6) is 1.60. The number of piperidine rings is 1. The molecule has 4 heterocycles. The zero-order chi connectivity index (χ0) is 27.1. The Balaban J connectivity index is 1.38. The molecule has 1 fully saturated rings. The molecule has 0 bridgehead atoms. The van der Waals surface area contributed by atoms with Gasteiger partial charge in [-0.05, 0) is 74.0 Å². The first-order valence-corrected chi connectivity index (χ1v) is 14.2. The number of hydrogen-bond donors (Lipinski definition) is 1. The van der Waals surface area contributed by atoms with Gasteiger partial charge in [0.15, 0.2) is 0 Å². The molecule has 204 valence electrons. The SMILES string of the molecule is COc1ccc(Cn2nc(-c3cnn(C4CCNCC4)c3)c3nc(-c4cccc5c4CCC5)c(OC)cc32)cc1. The third-order valence-corrected chi connectivity index (χ3v) is 8.36. The largest absolute Gasteiger partial charge is 0.497 e. The molecule has 2 aliphatic rings. The van der Waals surface area contributed by atoms with Gasteiger partial charge in [0.1, 0.15) is 28.4 Å². The second-order valence-corrected chi connectivity index (χ2v) is 10.7. The van der Waals surface area contributed by atoms with Gasteiger partial charge in [0, 0.05) is 23.4 Å². The average Bonchev–Trinajstić information content (AvgIpc) is 3.76. The summed E-state index contributed by atoms with van der Waals surface area (Å²) in [4.78, 5) is 5.31. The number of nitrogens with zero attached hydrogens (tertiary/aromatic N) is 5. The molecule has 3 aromatic heterocycles. The zero-order valence-electron chi connectivity index (χ0n) is 23.1. The second-order valence-electron chi connectivity index (χ2n) is 10.7. The highest BCUT2D eigenvalue weighted by atomic mass is 16.5. The quantitative estimate of drug-likeness (QED) is 0.300. The molecule has 0 spiro atoms. The normalized spacial score (nSPS) is 15.4. The van der Waals surface area contributed by atoms with Gasteiger partial charge >= 0.3 is 0 Å². The number of nitrogens with one attached hydrogen (secondary N) is 1. The van der Waals surface area contributed by atoms with E-state index in [1.807, 2.05) is 23.0 Å². The molecular weight excluding hydrogens is 500 g/mol. The van der Waals surface area contributed by atoms with Gasteiger partial charge in [-0.2, -0.15) is 10.2 Å². The van der Waals surface area contributed by atoms with Crippen LogP contribution in [0.4, 0.5) is 0 Å². The van der Waals surface area contributed by atoms with Crippen molar-refractivity contribution in [3.63, 3.8) is 0 Å². The topological polar surface area (TPSA) is 79.0 Å². The molecule has 8 nitrogen and oxygen atoms in total. The Bertz CT molecular complexity index is 1660. The summed E-state index contributed by atoms with van der Waals surface area (Å²) < 4.78 is 15.5. The lowest BCUT2D eigenvalue weighted by molar-refractivity contribution is 0.343. The molecule has 0 amide bonds. The van der Waals surface area contributed by atoms with Crippen LogP contribution in [-0.2, 0) is 19.4 Å². The van der Waals surface area contributed by atoms with Crippen LogP contribution in [-0.4, -0.2) is 51.9 Å². The molecule has 0 saturated carbocycles. The van der Waals surface area contributed by atoms with Crippen LogP contribution in [0.2, 0.25) is 0 Å². The first-order valence-electron chi connectivity index (χ1n) is 14.2. The van der Waals surface area contributed by atoms with Crippen molar-refractivity contribution in [1.82, 2.24) is 29.9 Å². The summed E-state index contributed by atoms with van der Waals surface area (Å²) in [6.45, 7) is 2.64. The highest BCUT2D eigenvalue weighted by Crippen LogP contribution is 2.39. The van der Waals surface area contributed by atoms with Crippen molar-refractivity contribution in [2.45, 2.75) is 44.7 Å². The van der Waals surface area contributed by atoms with Gasteiger partial charge < -0.3 is 14.8 Å². The van der Waals surface area contributed by atoms with Crippen molar-refractivity contribution in [2.75, 3.05) is 27.3 Å². The third kappa shape index (κ3) is 4.42. The van der Waals surface area contributed by atoms with Crippen LogP contribution in [0.5, 0.6) is 11.5 Å². The molecular formula is C32H34N6O2. The van der Waals surface area contributed by atoms with Crippen LogP contribution in [0, 0.1) is 0 Å². The Morgan fingerprint density at radius 3 is 2.62 bits per heavy atom. The fourth-order valence-electron chi connectivity index (χ4n) is 6.22. The number of pyridine rings is 1. The van der Waals surface area contributed by atoms with Gasteiger partial charge in [-0.25, -0.2) is 4.98 Å². The van der Waals surface area contributed by atoms with Crippen LogP contribution in [0.3, 0.4) is 0 Å². The Hall–Kier alpha value is -4.17. The lowest BCUT2D eigenvalue weighted by Crippen LogP contribution is -2.29. The minimum Gasteiger partial charge on any atom is -0.497 e. The monoisotopic (exact) mass is 534 g/mol.